The normalized spacial score (nSPS) is 20.6. The molecule has 2 aromatic carbocycles. The van der Waals surface area contributed by atoms with Crippen molar-refractivity contribution < 1.29 is 0 Å². The number of nitrogens with two attached hydrogens (primary N) is 3. The molecular formula is C24H30N6. The molecule has 2 aromatic rings. The smallest absolute Gasteiger partial charge is 0.0517 e. The molecule has 0 radical (unpaired) electrons. The van der Waals surface area contributed by atoms with Crippen LogP contribution >= 0.6 is 0 Å². The molecule has 6 heteroatoms. The quantitative estimate of drug-likeness (QED) is 0.397. The molecule has 0 saturated carbocycles. The summed E-state index contributed by atoms with van der Waals surface area (Å²) < 4.78 is 0. The fraction of sp³-hybridized carbons (Fsp3) is 0.167. The van der Waals surface area contributed by atoms with Gasteiger partial charge in [0, 0.05) is 42.4 Å². The van der Waals surface area contributed by atoms with Crippen molar-refractivity contribution >= 4 is 11.4 Å². The van der Waals surface area contributed by atoms with Crippen LogP contribution in [-0.4, -0.2) is 6.04 Å². The Labute approximate surface area is 178 Å². The number of benzene rings is 2. The van der Waals surface area contributed by atoms with Gasteiger partial charge in [-0.05, 0) is 47.4 Å². The van der Waals surface area contributed by atoms with Gasteiger partial charge < -0.3 is 27.9 Å². The SMILES string of the molecule is N/C(=C\NCc1ccc(N)cc1)C\C1=C/C=C\C=C\NNC1Cc1ccccc1N. The molecule has 6 nitrogen and oxygen atoms in total. The Hall–Kier alpha value is -3.64. The van der Waals surface area contributed by atoms with Crippen molar-refractivity contribution in [2.75, 3.05) is 11.5 Å². The van der Waals surface area contributed by atoms with Gasteiger partial charge in [0.25, 0.3) is 0 Å². The van der Waals surface area contributed by atoms with E-state index in [1.54, 1.807) is 0 Å². The average Bonchev–Trinajstić information content (AvgIpc) is 2.84. The van der Waals surface area contributed by atoms with E-state index < -0.39 is 0 Å². The second-order valence-electron chi connectivity index (χ2n) is 7.25. The molecule has 0 saturated heterocycles. The number of hydrazine groups is 1. The van der Waals surface area contributed by atoms with Crippen LogP contribution in [0, 0.1) is 0 Å². The summed E-state index contributed by atoms with van der Waals surface area (Å²) in [5, 5.41) is 3.28. The van der Waals surface area contributed by atoms with Crippen LogP contribution in [0.15, 0.2) is 96.5 Å². The number of hydrogen-bond acceptors (Lipinski definition) is 6. The van der Waals surface area contributed by atoms with Crippen LogP contribution in [0.3, 0.4) is 0 Å². The third-order valence-corrected chi connectivity index (χ3v) is 4.88. The molecule has 3 rings (SSSR count). The molecule has 1 unspecified atom stereocenters. The monoisotopic (exact) mass is 402 g/mol. The third-order valence-electron chi connectivity index (χ3n) is 4.88. The van der Waals surface area contributed by atoms with Crippen molar-refractivity contribution in [1.29, 1.82) is 0 Å². The summed E-state index contributed by atoms with van der Waals surface area (Å²) in [6.45, 7) is 0.688. The van der Waals surface area contributed by atoms with E-state index in [0.29, 0.717) is 13.0 Å². The van der Waals surface area contributed by atoms with Crippen LogP contribution in [0.4, 0.5) is 11.4 Å². The van der Waals surface area contributed by atoms with Gasteiger partial charge in [-0.25, -0.2) is 5.43 Å². The number of allylic oxidation sites excluding steroid dienone is 5. The molecule has 1 aliphatic rings. The van der Waals surface area contributed by atoms with E-state index >= 15 is 0 Å². The van der Waals surface area contributed by atoms with Crippen molar-refractivity contribution in [1.82, 2.24) is 16.2 Å². The standard InChI is InChI=1S/C24H30N6/c25-21-11-9-18(10-12-21)16-28-17-22(26)14-20-7-2-1-5-13-29-30-24(20)15-19-6-3-4-8-23(19)27/h1-13,17,24,28-30H,14-16,25-27H2/b2-1-,13-5+,20-7+,22-17-. The van der Waals surface area contributed by atoms with Gasteiger partial charge in [0.05, 0.1) is 6.04 Å². The van der Waals surface area contributed by atoms with Crippen LogP contribution in [0.2, 0.25) is 0 Å². The summed E-state index contributed by atoms with van der Waals surface area (Å²) >= 11 is 0. The van der Waals surface area contributed by atoms with Gasteiger partial charge in [0.15, 0.2) is 0 Å². The number of hydrogen-bond donors (Lipinski definition) is 6. The number of anilines is 2. The van der Waals surface area contributed by atoms with E-state index in [2.05, 4.69) is 28.3 Å². The van der Waals surface area contributed by atoms with Crippen molar-refractivity contribution in [3.05, 3.63) is 108 Å². The van der Waals surface area contributed by atoms with E-state index in [9.17, 15) is 0 Å². The summed E-state index contributed by atoms with van der Waals surface area (Å²) in [6, 6.07) is 15.8. The van der Waals surface area contributed by atoms with Gasteiger partial charge in [-0.2, -0.15) is 0 Å². The third kappa shape index (κ3) is 6.46. The maximum atomic E-state index is 6.33. The summed E-state index contributed by atoms with van der Waals surface area (Å²) in [5.74, 6) is 0. The lowest BCUT2D eigenvalue weighted by atomic mass is 9.95. The van der Waals surface area contributed by atoms with E-state index in [4.69, 9.17) is 17.2 Å². The highest BCUT2D eigenvalue weighted by Crippen LogP contribution is 2.20. The highest BCUT2D eigenvalue weighted by Gasteiger charge is 2.16. The fourth-order valence-electron chi connectivity index (χ4n) is 3.23. The maximum Gasteiger partial charge on any atom is 0.0517 e. The Balaban J connectivity index is 1.68. The Morgan fingerprint density at radius 3 is 2.60 bits per heavy atom. The molecule has 1 aliphatic heterocycles. The molecule has 0 spiro atoms. The van der Waals surface area contributed by atoms with E-state index in [1.165, 1.54) is 0 Å². The van der Waals surface area contributed by atoms with Gasteiger partial charge >= 0.3 is 0 Å². The van der Waals surface area contributed by atoms with Crippen LogP contribution in [0.25, 0.3) is 0 Å². The number of para-hydroxylation sites is 1. The molecule has 1 heterocycles. The first-order valence-electron chi connectivity index (χ1n) is 10.0. The van der Waals surface area contributed by atoms with E-state index in [0.717, 1.165) is 40.2 Å². The van der Waals surface area contributed by atoms with E-state index in [1.807, 2.05) is 73.1 Å². The minimum atomic E-state index is 0.0335. The molecular weight excluding hydrogens is 372 g/mol. The molecule has 0 fully saturated rings. The molecule has 9 N–H and O–H groups in total. The second-order valence-corrected chi connectivity index (χ2v) is 7.25. The number of rotatable bonds is 7. The van der Waals surface area contributed by atoms with Gasteiger partial charge in [-0.3, -0.25) is 0 Å². The van der Waals surface area contributed by atoms with Crippen LogP contribution in [0.5, 0.6) is 0 Å². The molecule has 156 valence electrons. The molecule has 0 amide bonds. The van der Waals surface area contributed by atoms with Gasteiger partial charge in [-0.1, -0.05) is 48.6 Å². The van der Waals surface area contributed by atoms with E-state index in [-0.39, 0.29) is 6.04 Å². The molecule has 1 atom stereocenters. The summed E-state index contributed by atoms with van der Waals surface area (Å²) in [7, 11) is 0. The van der Waals surface area contributed by atoms with Crippen molar-refractivity contribution in [3.8, 4) is 0 Å². The Morgan fingerprint density at radius 2 is 1.80 bits per heavy atom. The Morgan fingerprint density at radius 1 is 1.00 bits per heavy atom. The lowest BCUT2D eigenvalue weighted by molar-refractivity contribution is 0.514. The zero-order valence-corrected chi connectivity index (χ0v) is 17.0. The molecule has 0 aromatic heterocycles. The van der Waals surface area contributed by atoms with Crippen LogP contribution in [-0.2, 0) is 13.0 Å². The Bertz CT molecular complexity index is 940. The summed E-state index contributed by atoms with van der Waals surface area (Å²) in [4.78, 5) is 0. The number of nitrogen functional groups attached to an aromatic ring is 2. The van der Waals surface area contributed by atoms with Gasteiger partial charge in [0.1, 0.15) is 0 Å². The maximum absolute atomic E-state index is 6.33. The van der Waals surface area contributed by atoms with Crippen molar-refractivity contribution in [3.63, 3.8) is 0 Å². The zero-order valence-electron chi connectivity index (χ0n) is 17.0. The van der Waals surface area contributed by atoms with Crippen LogP contribution in [0.1, 0.15) is 17.5 Å². The first kappa shape index (κ1) is 21.1. The predicted octanol–water partition coefficient (Wildman–Crippen LogP) is 2.85. The lowest BCUT2D eigenvalue weighted by Gasteiger charge is -2.23. The highest BCUT2D eigenvalue weighted by atomic mass is 15.4. The highest BCUT2D eigenvalue weighted by molar-refractivity contribution is 5.47. The lowest BCUT2D eigenvalue weighted by Crippen LogP contribution is -2.41. The fourth-order valence-corrected chi connectivity index (χ4v) is 3.23. The minimum absolute atomic E-state index is 0.0335. The number of nitrogens with one attached hydrogen (secondary N) is 3. The first-order valence-corrected chi connectivity index (χ1v) is 10.0. The Kier molecular flexibility index (Phi) is 7.58. The summed E-state index contributed by atoms with van der Waals surface area (Å²) in [5.41, 5.74) is 30.4. The summed E-state index contributed by atoms with van der Waals surface area (Å²) in [6.07, 6.45) is 13.2. The predicted molar refractivity (Wildman–Crippen MR) is 126 cm³/mol. The average molecular weight is 403 g/mol. The van der Waals surface area contributed by atoms with Crippen molar-refractivity contribution in [2.45, 2.75) is 25.4 Å². The second kappa shape index (κ2) is 10.8. The van der Waals surface area contributed by atoms with Crippen LogP contribution < -0.4 is 33.4 Å². The molecule has 0 bridgehead atoms. The zero-order chi connectivity index (χ0) is 21.2. The van der Waals surface area contributed by atoms with Crippen molar-refractivity contribution in [2.24, 2.45) is 5.73 Å². The van der Waals surface area contributed by atoms with Gasteiger partial charge in [-0.15, -0.1) is 0 Å². The van der Waals surface area contributed by atoms with Gasteiger partial charge in [0.2, 0.25) is 0 Å². The minimum Gasteiger partial charge on any atom is -0.401 e. The topological polar surface area (TPSA) is 114 Å². The first-order chi connectivity index (χ1) is 14.6. The molecule has 30 heavy (non-hydrogen) atoms. The largest absolute Gasteiger partial charge is 0.401 e. The molecule has 0 aliphatic carbocycles.